The first kappa shape index (κ1) is 10.8. The fourth-order valence-corrected chi connectivity index (χ4v) is 1.66. The zero-order chi connectivity index (χ0) is 10.4. The molecule has 3 nitrogen and oxygen atoms in total. The van der Waals surface area contributed by atoms with Crippen LogP contribution in [0.15, 0.2) is 11.4 Å². The minimum Gasteiger partial charge on any atom is -0.478 e. The molecule has 2 N–H and O–H groups in total. The van der Waals surface area contributed by atoms with E-state index in [0.717, 1.165) is 13.0 Å². The molecule has 0 radical (unpaired) electrons. The van der Waals surface area contributed by atoms with Crippen molar-refractivity contribution in [1.82, 2.24) is 5.32 Å². The summed E-state index contributed by atoms with van der Waals surface area (Å²) >= 11 is 1.36. The lowest BCUT2D eigenvalue weighted by Gasteiger charge is -1.89. The van der Waals surface area contributed by atoms with Gasteiger partial charge in [-0.05, 0) is 18.5 Å². The Balaban J connectivity index is 2.69. The highest BCUT2D eigenvalue weighted by molar-refractivity contribution is 7.10. The average molecular weight is 209 g/mol. The fraction of sp³-hybridized carbons (Fsp3) is 0.300. The maximum absolute atomic E-state index is 10.7. The first-order valence-electron chi connectivity index (χ1n) is 4.20. The van der Waals surface area contributed by atoms with Crippen LogP contribution in [0.5, 0.6) is 0 Å². The topological polar surface area (TPSA) is 49.3 Å². The van der Waals surface area contributed by atoms with Gasteiger partial charge in [0.15, 0.2) is 0 Å². The number of nitrogens with one attached hydrogen (secondary N) is 1. The fourth-order valence-electron chi connectivity index (χ4n) is 0.905. The Hall–Kier alpha value is -1.31. The van der Waals surface area contributed by atoms with E-state index in [1.807, 2.05) is 7.05 Å². The highest BCUT2D eigenvalue weighted by Gasteiger charge is 2.08. The van der Waals surface area contributed by atoms with Gasteiger partial charge in [-0.15, -0.1) is 11.3 Å². The first-order chi connectivity index (χ1) is 6.75. The van der Waals surface area contributed by atoms with E-state index in [1.165, 1.54) is 11.3 Å². The van der Waals surface area contributed by atoms with Crippen molar-refractivity contribution in [1.29, 1.82) is 0 Å². The minimum absolute atomic E-state index is 0.298. The van der Waals surface area contributed by atoms with Crippen molar-refractivity contribution >= 4 is 17.3 Å². The summed E-state index contributed by atoms with van der Waals surface area (Å²) in [5.74, 6) is 4.86. The lowest BCUT2D eigenvalue weighted by Crippen LogP contribution is -2.05. The minimum atomic E-state index is -0.913. The van der Waals surface area contributed by atoms with E-state index in [4.69, 9.17) is 5.11 Å². The monoisotopic (exact) mass is 209 g/mol. The Morgan fingerprint density at radius 1 is 1.71 bits per heavy atom. The van der Waals surface area contributed by atoms with E-state index in [9.17, 15) is 4.79 Å². The summed E-state index contributed by atoms with van der Waals surface area (Å²) in [4.78, 5) is 11.3. The molecule has 0 aromatic carbocycles. The van der Waals surface area contributed by atoms with Gasteiger partial charge >= 0.3 is 5.97 Å². The molecule has 0 saturated carbocycles. The van der Waals surface area contributed by atoms with Crippen LogP contribution in [0.3, 0.4) is 0 Å². The Labute approximate surface area is 86.8 Å². The molecule has 0 saturated heterocycles. The second-order valence-electron chi connectivity index (χ2n) is 2.62. The van der Waals surface area contributed by atoms with Crippen molar-refractivity contribution in [3.05, 3.63) is 21.9 Å². The van der Waals surface area contributed by atoms with Gasteiger partial charge in [0.2, 0.25) is 0 Å². The van der Waals surface area contributed by atoms with Crippen LogP contribution in [0.1, 0.15) is 21.7 Å². The highest BCUT2D eigenvalue weighted by atomic mass is 32.1. The van der Waals surface area contributed by atoms with Crippen molar-refractivity contribution in [3.8, 4) is 11.8 Å². The molecule has 0 atom stereocenters. The van der Waals surface area contributed by atoms with Crippen LogP contribution in [-0.2, 0) is 0 Å². The molecular weight excluding hydrogens is 198 g/mol. The Morgan fingerprint density at radius 2 is 2.50 bits per heavy atom. The van der Waals surface area contributed by atoms with E-state index in [2.05, 4.69) is 17.2 Å². The van der Waals surface area contributed by atoms with Crippen LogP contribution in [0.25, 0.3) is 0 Å². The third-order valence-electron chi connectivity index (χ3n) is 1.60. The van der Waals surface area contributed by atoms with Gasteiger partial charge in [0.05, 0.1) is 10.4 Å². The molecule has 1 aromatic rings. The molecule has 0 aliphatic rings. The predicted molar refractivity (Wildman–Crippen MR) is 56.7 cm³/mol. The number of aromatic carboxylic acids is 1. The molecule has 0 amide bonds. The molecule has 0 aliphatic carbocycles. The zero-order valence-electron chi connectivity index (χ0n) is 7.83. The molecule has 74 valence electrons. The molecule has 0 fully saturated rings. The SMILES string of the molecule is CNCCC#Cc1sccc1C(=O)O. The Bertz CT molecular complexity index is 373. The smallest absolute Gasteiger partial charge is 0.337 e. The molecule has 1 aromatic heterocycles. The standard InChI is InChI=1S/C10H11NO2S/c1-11-6-3-2-4-9-8(10(12)13)5-7-14-9/h5,7,11H,3,6H2,1H3,(H,12,13). The Kier molecular flexibility index (Phi) is 4.17. The van der Waals surface area contributed by atoms with Crippen molar-refractivity contribution in [2.75, 3.05) is 13.6 Å². The summed E-state index contributed by atoms with van der Waals surface area (Å²) < 4.78 is 0. The maximum Gasteiger partial charge on any atom is 0.337 e. The van der Waals surface area contributed by atoms with Crippen LogP contribution in [0.4, 0.5) is 0 Å². The summed E-state index contributed by atoms with van der Waals surface area (Å²) in [5, 5.41) is 13.5. The van der Waals surface area contributed by atoms with Gasteiger partial charge in [0.1, 0.15) is 0 Å². The summed E-state index contributed by atoms with van der Waals surface area (Å²) in [7, 11) is 1.86. The van der Waals surface area contributed by atoms with Gasteiger partial charge in [-0.1, -0.05) is 11.8 Å². The van der Waals surface area contributed by atoms with Crippen molar-refractivity contribution in [3.63, 3.8) is 0 Å². The first-order valence-corrected chi connectivity index (χ1v) is 5.08. The lowest BCUT2D eigenvalue weighted by molar-refractivity contribution is 0.0697. The molecule has 1 rings (SSSR count). The van der Waals surface area contributed by atoms with Crippen LogP contribution >= 0.6 is 11.3 Å². The number of rotatable bonds is 3. The molecule has 14 heavy (non-hydrogen) atoms. The number of carboxylic acid groups (broad SMARTS) is 1. The van der Waals surface area contributed by atoms with Crippen LogP contribution in [0, 0.1) is 11.8 Å². The number of hydrogen-bond acceptors (Lipinski definition) is 3. The number of hydrogen-bond donors (Lipinski definition) is 2. The third kappa shape index (κ3) is 2.87. The van der Waals surface area contributed by atoms with E-state index in [-0.39, 0.29) is 0 Å². The van der Waals surface area contributed by atoms with Crippen LogP contribution < -0.4 is 5.32 Å². The average Bonchev–Trinajstić information content (AvgIpc) is 2.60. The molecule has 4 heteroatoms. The van der Waals surface area contributed by atoms with Gasteiger partial charge in [-0.25, -0.2) is 4.79 Å². The van der Waals surface area contributed by atoms with Gasteiger partial charge in [-0.2, -0.15) is 0 Å². The van der Waals surface area contributed by atoms with Crippen molar-refractivity contribution in [2.45, 2.75) is 6.42 Å². The summed E-state index contributed by atoms with van der Waals surface area (Å²) in [6.45, 7) is 0.820. The molecule has 0 unspecified atom stereocenters. The van der Waals surface area contributed by atoms with Crippen LogP contribution in [0.2, 0.25) is 0 Å². The number of carboxylic acids is 1. The molecule has 0 bridgehead atoms. The predicted octanol–water partition coefficient (Wildman–Crippen LogP) is 1.41. The number of thiophene rings is 1. The quantitative estimate of drug-likeness (QED) is 0.584. The van der Waals surface area contributed by atoms with Gasteiger partial charge < -0.3 is 10.4 Å². The summed E-state index contributed by atoms with van der Waals surface area (Å²) in [6, 6.07) is 1.58. The van der Waals surface area contributed by atoms with Crippen molar-refractivity contribution < 1.29 is 9.90 Å². The summed E-state index contributed by atoms with van der Waals surface area (Å²) in [5.41, 5.74) is 0.298. The van der Waals surface area contributed by atoms with Gasteiger partial charge in [-0.3, -0.25) is 0 Å². The largest absolute Gasteiger partial charge is 0.478 e. The third-order valence-corrected chi connectivity index (χ3v) is 2.43. The maximum atomic E-state index is 10.7. The second-order valence-corrected chi connectivity index (χ2v) is 3.54. The lowest BCUT2D eigenvalue weighted by atomic mass is 10.2. The Morgan fingerprint density at radius 3 is 3.14 bits per heavy atom. The van der Waals surface area contributed by atoms with Crippen LogP contribution in [-0.4, -0.2) is 24.7 Å². The van der Waals surface area contributed by atoms with E-state index in [1.54, 1.807) is 11.4 Å². The molecule has 0 aliphatic heterocycles. The highest BCUT2D eigenvalue weighted by Crippen LogP contribution is 2.14. The molecule has 1 heterocycles. The summed E-state index contributed by atoms with van der Waals surface area (Å²) in [6.07, 6.45) is 0.730. The second kappa shape index (κ2) is 5.43. The normalized spacial score (nSPS) is 9.21. The van der Waals surface area contributed by atoms with E-state index >= 15 is 0 Å². The van der Waals surface area contributed by atoms with Gasteiger partial charge in [0, 0.05) is 13.0 Å². The number of carbonyl (C=O) groups is 1. The molecule has 0 spiro atoms. The molecular formula is C10H11NO2S. The van der Waals surface area contributed by atoms with E-state index in [0.29, 0.717) is 10.4 Å². The van der Waals surface area contributed by atoms with Gasteiger partial charge in [0.25, 0.3) is 0 Å². The van der Waals surface area contributed by atoms with E-state index < -0.39 is 5.97 Å². The zero-order valence-corrected chi connectivity index (χ0v) is 8.65. The van der Waals surface area contributed by atoms with Crippen molar-refractivity contribution in [2.24, 2.45) is 0 Å².